The third kappa shape index (κ3) is 5.51. The summed E-state index contributed by atoms with van der Waals surface area (Å²) in [6, 6.07) is 20.4. The Balaban J connectivity index is 0.00000126. The van der Waals surface area contributed by atoms with Crippen LogP contribution in [0.15, 0.2) is 66.7 Å². The second kappa shape index (κ2) is 9.87. The van der Waals surface area contributed by atoms with E-state index in [4.69, 9.17) is 11.1 Å². The van der Waals surface area contributed by atoms with Gasteiger partial charge >= 0.3 is 0 Å². The predicted molar refractivity (Wildman–Crippen MR) is 112 cm³/mol. The highest BCUT2D eigenvalue weighted by molar-refractivity contribution is 5.92. The zero-order valence-corrected chi connectivity index (χ0v) is 15.6. The number of nitrogens with zero attached hydrogens (tertiary/aromatic N) is 1. The molecule has 0 saturated heterocycles. The van der Waals surface area contributed by atoms with Crippen LogP contribution in [-0.2, 0) is 11.2 Å². The quantitative estimate of drug-likeness (QED) is 0.461. The molecule has 1 aromatic heterocycles. The standard InChI is InChI=1S/C20H18N4O.C2H6/c21-13-16-12-15(9-10-17(16)22)18-7-4-8-19(23-18)24-20(25)11-14-5-2-1-3-6-14;1-2/h1-10,12-13,21H,11,22H2,(H,23,24,25);1-2H3. The molecule has 0 spiro atoms. The van der Waals surface area contributed by atoms with Crippen molar-refractivity contribution < 1.29 is 4.79 Å². The van der Waals surface area contributed by atoms with Gasteiger partial charge in [-0.3, -0.25) is 4.79 Å². The van der Waals surface area contributed by atoms with Gasteiger partial charge in [0.05, 0.1) is 12.1 Å². The summed E-state index contributed by atoms with van der Waals surface area (Å²) in [4.78, 5) is 16.7. The van der Waals surface area contributed by atoms with E-state index in [0.29, 0.717) is 29.2 Å². The van der Waals surface area contributed by atoms with E-state index in [1.165, 1.54) is 6.21 Å². The molecule has 4 N–H and O–H groups in total. The summed E-state index contributed by atoms with van der Waals surface area (Å²) in [5.74, 6) is 0.375. The van der Waals surface area contributed by atoms with Gasteiger partial charge in [-0.2, -0.15) is 0 Å². The van der Waals surface area contributed by atoms with Gasteiger partial charge in [-0.05, 0) is 29.8 Å². The SMILES string of the molecule is CC.N=Cc1cc(-c2cccc(NC(=O)Cc3ccccc3)n2)ccc1N. The molecule has 0 fully saturated rings. The Morgan fingerprint density at radius 2 is 1.81 bits per heavy atom. The first-order valence-electron chi connectivity index (χ1n) is 8.87. The Hall–Kier alpha value is -3.47. The van der Waals surface area contributed by atoms with Crippen LogP contribution in [0.4, 0.5) is 11.5 Å². The summed E-state index contributed by atoms with van der Waals surface area (Å²) in [7, 11) is 0. The van der Waals surface area contributed by atoms with Crippen LogP contribution >= 0.6 is 0 Å². The molecule has 0 aliphatic rings. The Morgan fingerprint density at radius 3 is 2.52 bits per heavy atom. The molecule has 3 rings (SSSR count). The van der Waals surface area contributed by atoms with Crippen molar-refractivity contribution in [1.29, 1.82) is 5.41 Å². The molecule has 1 amide bonds. The molecular formula is C22H24N4O. The molecule has 0 aliphatic carbocycles. The third-order valence-corrected chi connectivity index (χ3v) is 3.76. The van der Waals surface area contributed by atoms with E-state index in [-0.39, 0.29) is 5.91 Å². The Bertz CT molecular complexity index is 907. The van der Waals surface area contributed by atoms with Gasteiger partial charge in [-0.15, -0.1) is 0 Å². The van der Waals surface area contributed by atoms with Crippen molar-refractivity contribution in [2.45, 2.75) is 20.3 Å². The van der Waals surface area contributed by atoms with E-state index < -0.39 is 0 Å². The van der Waals surface area contributed by atoms with E-state index in [0.717, 1.165) is 11.1 Å². The lowest BCUT2D eigenvalue weighted by molar-refractivity contribution is -0.115. The number of hydrogen-bond acceptors (Lipinski definition) is 4. The molecule has 0 aliphatic heterocycles. The number of benzene rings is 2. The van der Waals surface area contributed by atoms with Gasteiger partial charge in [-0.25, -0.2) is 4.98 Å². The summed E-state index contributed by atoms with van der Waals surface area (Å²) in [6.45, 7) is 4.00. The summed E-state index contributed by atoms with van der Waals surface area (Å²) in [5.41, 5.74) is 9.50. The molecule has 0 bridgehead atoms. The highest BCUT2D eigenvalue weighted by atomic mass is 16.1. The predicted octanol–water partition coefficient (Wildman–Crippen LogP) is 4.54. The van der Waals surface area contributed by atoms with Gasteiger partial charge in [0.15, 0.2) is 0 Å². The van der Waals surface area contributed by atoms with Crippen molar-refractivity contribution in [1.82, 2.24) is 4.98 Å². The Morgan fingerprint density at radius 1 is 1.07 bits per heavy atom. The Kier molecular flexibility index (Phi) is 7.26. The number of pyridine rings is 1. The molecule has 0 saturated carbocycles. The fraction of sp³-hybridized carbons (Fsp3) is 0.136. The Labute approximate surface area is 159 Å². The van der Waals surface area contributed by atoms with Crippen molar-refractivity contribution in [3.8, 4) is 11.3 Å². The highest BCUT2D eigenvalue weighted by Crippen LogP contribution is 2.22. The maximum atomic E-state index is 12.2. The monoisotopic (exact) mass is 360 g/mol. The van der Waals surface area contributed by atoms with Crippen LogP contribution in [0.25, 0.3) is 11.3 Å². The van der Waals surface area contributed by atoms with Crippen molar-refractivity contribution >= 4 is 23.6 Å². The first kappa shape index (κ1) is 19.8. The van der Waals surface area contributed by atoms with Gasteiger partial charge in [0.25, 0.3) is 0 Å². The second-order valence-electron chi connectivity index (χ2n) is 5.61. The number of carbonyl (C=O) groups is 1. The van der Waals surface area contributed by atoms with Crippen LogP contribution in [0.1, 0.15) is 25.0 Å². The maximum absolute atomic E-state index is 12.2. The van der Waals surface area contributed by atoms with Crippen LogP contribution in [0.3, 0.4) is 0 Å². The molecule has 2 aromatic carbocycles. The molecule has 0 radical (unpaired) electrons. The van der Waals surface area contributed by atoms with Crippen LogP contribution < -0.4 is 11.1 Å². The van der Waals surface area contributed by atoms with Crippen LogP contribution in [0.2, 0.25) is 0 Å². The number of nitrogens with one attached hydrogen (secondary N) is 2. The summed E-state index contributed by atoms with van der Waals surface area (Å²) in [6.07, 6.45) is 1.51. The molecule has 5 nitrogen and oxygen atoms in total. The highest BCUT2D eigenvalue weighted by Gasteiger charge is 2.07. The fourth-order valence-electron chi connectivity index (χ4n) is 2.49. The lowest BCUT2D eigenvalue weighted by Gasteiger charge is -2.08. The van der Waals surface area contributed by atoms with Crippen LogP contribution in [-0.4, -0.2) is 17.1 Å². The third-order valence-electron chi connectivity index (χ3n) is 3.76. The van der Waals surface area contributed by atoms with E-state index in [9.17, 15) is 4.79 Å². The molecule has 27 heavy (non-hydrogen) atoms. The largest absolute Gasteiger partial charge is 0.398 e. The normalized spacial score (nSPS) is 9.70. The number of hydrogen-bond donors (Lipinski definition) is 3. The van der Waals surface area contributed by atoms with E-state index in [1.54, 1.807) is 18.2 Å². The minimum absolute atomic E-state index is 0.117. The number of carbonyl (C=O) groups excluding carboxylic acids is 1. The van der Waals surface area contributed by atoms with Crippen LogP contribution in [0.5, 0.6) is 0 Å². The molecule has 138 valence electrons. The van der Waals surface area contributed by atoms with Crippen LogP contribution in [0, 0.1) is 5.41 Å². The van der Waals surface area contributed by atoms with Gasteiger partial charge in [0, 0.05) is 23.0 Å². The maximum Gasteiger partial charge on any atom is 0.229 e. The topological polar surface area (TPSA) is 91.9 Å². The van der Waals surface area contributed by atoms with Gasteiger partial charge in [0.2, 0.25) is 5.91 Å². The van der Waals surface area contributed by atoms with E-state index >= 15 is 0 Å². The van der Waals surface area contributed by atoms with Gasteiger partial charge in [-0.1, -0.05) is 56.3 Å². The van der Waals surface area contributed by atoms with Crippen molar-refractivity contribution in [2.24, 2.45) is 0 Å². The van der Waals surface area contributed by atoms with Crippen molar-refractivity contribution in [3.63, 3.8) is 0 Å². The zero-order valence-electron chi connectivity index (χ0n) is 15.6. The van der Waals surface area contributed by atoms with Crippen molar-refractivity contribution in [3.05, 3.63) is 77.9 Å². The summed E-state index contributed by atoms with van der Waals surface area (Å²) >= 11 is 0. The number of nitrogen functional groups attached to an aromatic ring is 1. The minimum Gasteiger partial charge on any atom is -0.398 e. The number of amides is 1. The number of rotatable bonds is 5. The lowest BCUT2D eigenvalue weighted by Crippen LogP contribution is -2.15. The minimum atomic E-state index is -0.117. The molecular weight excluding hydrogens is 336 g/mol. The summed E-state index contributed by atoms with van der Waals surface area (Å²) in [5, 5.41) is 10.2. The number of aromatic nitrogens is 1. The first-order valence-corrected chi connectivity index (χ1v) is 8.87. The molecule has 3 aromatic rings. The fourth-order valence-corrected chi connectivity index (χ4v) is 2.49. The first-order chi connectivity index (χ1) is 13.2. The van der Waals surface area contributed by atoms with Gasteiger partial charge in [0.1, 0.15) is 5.82 Å². The van der Waals surface area contributed by atoms with Crippen molar-refractivity contribution in [2.75, 3.05) is 11.1 Å². The number of nitrogens with two attached hydrogens (primary N) is 1. The zero-order chi connectivity index (χ0) is 19.6. The molecule has 0 unspecified atom stereocenters. The average Bonchev–Trinajstić information content (AvgIpc) is 2.71. The average molecular weight is 360 g/mol. The van der Waals surface area contributed by atoms with E-state index in [1.807, 2.05) is 62.4 Å². The molecule has 1 heterocycles. The molecule has 5 heteroatoms. The number of anilines is 2. The molecule has 0 atom stereocenters. The van der Waals surface area contributed by atoms with Gasteiger partial charge < -0.3 is 16.5 Å². The lowest BCUT2D eigenvalue weighted by atomic mass is 10.1. The smallest absolute Gasteiger partial charge is 0.229 e. The second-order valence-corrected chi connectivity index (χ2v) is 5.61. The summed E-state index contributed by atoms with van der Waals surface area (Å²) < 4.78 is 0. The van der Waals surface area contributed by atoms with E-state index in [2.05, 4.69) is 10.3 Å².